The number of aliphatic hydroxyl groups is 3. The Morgan fingerprint density at radius 1 is 0.875 bits per heavy atom. The zero-order valence-electron chi connectivity index (χ0n) is 17.7. The molecule has 0 fully saturated rings. The fourth-order valence-electron chi connectivity index (χ4n) is 3.35. The van der Waals surface area contributed by atoms with Crippen molar-refractivity contribution >= 4 is 101 Å². The molecule has 0 aliphatic carbocycles. The summed E-state index contributed by atoms with van der Waals surface area (Å²) in [5.74, 6) is -3.21. The molecule has 3 N–H and O–H groups in total. The first-order valence-electron chi connectivity index (χ1n) is 11.1. The molecule has 0 aromatic carbocycles. The number of carbonyl (C=O) groups is 2. The Morgan fingerprint density at radius 2 is 1.31 bits per heavy atom. The molecule has 1 aliphatic heterocycles. The predicted octanol–water partition coefficient (Wildman–Crippen LogP) is 2.68. The van der Waals surface area contributed by atoms with Crippen molar-refractivity contribution in [3.8, 4) is 0 Å². The number of cyclic esters (lactones) is 1. The molecule has 0 saturated heterocycles. The first-order valence-corrected chi connectivity index (χ1v) is 11.1. The summed E-state index contributed by atoms with van der Waals surface area (Å²) in [7, 11) is 0. The van der Waals surface area contributed by atoms with Gasteiger partial charge in [0.1, 0.15) is 12.7 Å². The molecule has 2 atom stereocenters. The van der Waals surface area contributed by atoms with Crippen LogP contribution in [0.15, 0.2) is 11.5 Å². The van der Waals surface area contributed by atoms with E-state index in [2.05, 4.69) is 11.7 Å². The monoisotopic (exact) mass is 486 g/mol. The minimum atomic E-state index is -1.42. The summed E-state index contributed by atoms with van der Waals surface area (Å²) in [5.41, 5.74) is 0. The SMILES string of the molecule is CCCCCCCCCCCCCCCC(=O)OC[C@H](O)[C@H]1OC(=O)C(O)=C1O.[NaH].[NaH].[NaH]. The quantitative estimate of drug-likeness (QED) is 0.165. The molecule has 1 rings (SSSR count). The molecule has 0 saturated carbocycles. The summed E-state index contributed by atoms with van der Waals surface area (Å²) < 4.78 is 9.55. The zero-order chi connectivity index (χ0) is 21.5. The van der Waals surface area contributed by atoms with Gasteiger partial charge in [-0.05, 0) is 6.42 Å². The van der Waals surface area contributed by atoms with Crippen LogP contribution < -0.4 is 0 Å². The van der Waals surface area contributed by atoms with Crippen molar-refractivity contribution in [3.05, 3.63) is 11.5 Å². The number of aliphatic hydroxyl groups excluding tert-OH is 3. The van der Waals surface area contributed by atoms with E-state index in [9.17, 15) is 24.9 Å². The second kappa shape index (κ2) is 24.0. The molecule has 0 aromatic heterocycles. The summed E-state index contributed by atoms with van der Waals surface area (Å²) in [6.07, 6.45) is 13.4. The van der Waals surface area contributed by atoms with Crippen LogP contribution in [0.25, 0.3) is 0 Å². The third-order valence-corrected chi connectivity index (χ3v) is 5.19. The Balaban J connectivity index is -0.00000280. The van der Waals surface area contributed by atoms with E-state index in [4.69, 9.17) is 4.74 Å². The molecule has 0 bridgehead atoms. The van der Waals surface area contributed by atoms with E-state index in [1.54, 1.807) is 0 Å². The van der Waals surface area contributed by atoms with Crippen molar-refractivity contribution in [1.82, 2.24) is 0 Å². The van der Waals surface area contributed by atoms with E-state index in [0.717, 1.165) is 19.3 Å². The van der Waals surface area contributed by atoms with Crippen molar-refractivity contribution < 1.29 is 34.4 Å². The van der Waals surface area contributed by atoms with Gasteiger partial charge in [0.2, 0.25) is 5.76 Å². The minimum absolute atomic E-state index is 0. The first kappa shape index (κ1) is 37.8. The Labute approximate surface area is 259 Å². The van der Waals surface area contributed by atoms with E-state index >= 15 is 0 Å². The maximum absolute atomic E-state index is 11.7. The number of rotatable bonds is 17. The van der Waals surface area contributed by atoms with Crippen LogP contribution in [0.2, 0.25) is 0 Å². The standard InChI is InChI=1S/C22H38O7.3Na.3H/c1-2-3-4-5-6-7-8-9-10-11-12-13-14-15-18(24)28-16-17(23)21-19(25)20(26)22(27)29-21;;;;;;/h17,21,23,25-26H,2-16H2,1H3;;;;;;/t17-,21+;;;;;;/m0....../s1. The Kier molecular flexibility index (Phi) is 28.3. The molecule has 10 heteroatoms. The average Bonchev–Trinajstić information content (AvgIpc) is 2.97. The Hall–Kier alpha value is 1.24. The van der Waals surface area contributed by atoms with Crippen molar-refractivity contribution in [2.45, 2.75) is 109 Å². The second-order valence-electron chi connectivity index (χ2n) is 7.80. The normalized spacial score (nSPS) is 15.8. The predicted molar refractivity (Wildman–Crippen MR) is 131 cm³/mol. The third-order valence-electron chi connectivity index (χ3n) is 5.19. The van der Waals surface area contributed by atoms with Gasteiger partial charge >= 0.3 is 101 Å². The van der Waals surface area contributed by atoms with Crippen LogP contribution in [-0.2, 0) is 19.1 Å². The van der Waals surface area contributed by atoms with Crippen LogP contribution in [0.3, 0.4) is 0 Å². The molecule has 7 nitrogen and oxygen atoms in total. The first-order chi connectivity index (χ1) is 14.0. The van der Waals surface area contributed by atoms with Crippen LogP contribution in [-0.4, -0.2) is 135 Å². The van der Waals surface area contributed by atoms with E-state index in [1.165, 1.54) is 64.2 Å². The van der Waals surface area contributed by atoms with Gasteiger partial charge < -0.3 is 24.8 Å². The van der Waals surface area contributed by atoms with Gasteiger partial charge in [0, 0.05) is 6.42 Å². The van der Waals surface area contributed by atoms with Gasteiger partial charge in [0.25, 0.3) is 0 Å². The van der Waals surface area contributed by atoms with Crippen LogP contribution >= 0.6 is 0 Å². The van der Waals surface area contributed by atoms with Gasteiger partial charge in [-0.3, -0.25) is 4.79 Å². The summed E-state index contributed by atoms with van der Waals surface area (Å²) in [6.45, 7) is 1.83. The van der Waals surface area contributed by atoms with E-state index in [0.29, 0.717) is 0 Å². The summed E-state index contributed by atoms with van der Waals surface area (Å²) in [5, 5.41) is 28.5. The zero-order valence-corrected chi connectivity index (χ0v) is 17.7. The Bertz CT molecular complexity index is 530. The summed E-state index contributed by atoms with van der Waals surface area (Å²) in [4.78, 5) is 22.8. The number of hydrogen-bond acceptors (Lipinski definition) is 7. The molecule has 0 spiro atoms. The number of hydrogen-bond donors (Lipinski definition) is 3. The van der Waals surface area contributed by atoms with E-state index in [-0.39, 0.29) is 95.1 Å². The molecule has 0 radical (unpaired) electrons. The van der Waals surface area contributed by atoms with Crippen LogP contribution in [0.5, 0.6) is 0 Å². The maximum atomic E-state index is 11.7. The number of unbranched alkanes of at least 4 members (excludes halogenated alkanes) is 12. The Morgan fingerprint density at radius 3 is 1.72 bits per heavy atom. The van der Waals surface area contributed by atoms with Crippen molar-refractivity contribution in [2.75, 3.05) is 6.61 Å². The molecule has 32 heavy (non-hydrogen) atoms. The molecule has 174 valence electrons. The third kappa shape index (κ3) is 16.8. The molecule has 0 aromatic rings. The average molecular weight is 487 g/mol. The van der Waals surface area contributed by atoms with E-state index in [1.807, 2.05) is 0 Å². The van der Waals surface area contributed by atoms with Gasteiger partial charge in [0.05, 0.1) is 0 Å². The molecular formula is C22H41Na3O7. The van der Waals surface area contributed by atoms with Gasteiger partial charge in [-0.1, -0.05) is 84.0 Å². The van der Waals surface area contributed by atoms with Crippen LogP contribution in [0.4, 0.5) is 0 Å². The number of ether oxygens (including phenoxy) is 2. The number of carbonyl (C=O) groups excluding carboxylic acids is 2. The number of esters is 2. The van der Waals surface area contributed by atoms with Gasteiger partial charge in [-0.15, -0.1) is 0 Å². The molecule has 1 heterocycles. The topological polar surface area (TPSA) is 113 Å². The molecule has 0 amide bonds. The summed E-state index contributed by atoms with van der Waals surface area (Å²) in [6, 6.07) is 0. The van der Waals surface area contributed by atoms with Crippen LogP contribution in [0.1, 0.15) is 96.8 Å². The molecular weight excluding hydrogens is 445 g/mol. The van der Waals surface area contributed by atoms with Gasteiger partial charge in [-0.25, -0.2) is 4.79 Å². The van der Waals surface area contributed by atoms with Crippen molar-refractivity contribution in [2.24, 2.45) is 0 Å². The van der Waals surface area contributed by atoms with Crippen molar-refractivity contribution in [3.63, 3.8) is 0 Å². The van der Waals surface area contributed by atoms with E-state index < -0.39 is 42.3 Å². The summed E-state index contributed by atoms with van der Waals surface area (Å²) >= 11 is 0. The fraction of sp³-hybridized carbons (Fsp3) is 0.818. The second-order valence-corrected chi connectivity index (χ2v) is 7.80. The molecule has 0 unspecified atom stereocenters. The molecule has 1 aliphatic rings. The van der Waals surface area contributed by atoms with Crippen LogP contribution in [0, 0.1) is 0 Å². The van der Waals surface area contributed by atoms with Gasteiger partial charge in [-0.2, -0.15) is 0 Å². The fourth-order valence-corrected chi connectivity index (χ4v) is 3.35. The van der Waals surface area contributed by atoms with Gasteiger partial charge in [0.15, 0.2) is 11.9 Å². The van der Waals surface area contributed by atoms with Crippen molar-refractivity contribution in [1.29, 1.82) is 0 Å².